The molecule has 2 amide bonds. The molecule has 182 valence electrons. The van der Waals surface area contributed by atoms with Gasteiger partial charge in [-0.05, 0) is 81.4 Å². The van der Waals surface area contributed by atoms with Gasteiger partial charge in [-0.1, -0.05) is 11.6 Å². The third-order valence-corrected chi connectivity index (χ3v) is 9.78. The smallest absolute Gasteiger partial charge is 0.240 e. The third-order valence-electron chi connectivity index (χ3n) is 9.56. The number of hydrogen-bond acceptors (Lipinski definition) is 5. The number of pyridine rings is 1. The number of fused-ring (bicyclic) bond motifs is 1. The van der Waals surface area contributed by atoms with E-state index in [4.69, 9.17) is 17.3 Å². The second-order valence-corrected chi connectivity index (χ2v) is 12.3. The number of likely N-dealkylation sites (tertiary alicyclic amines) is 1. The largest absolute Gasteiger partial charge is 0.369 e. The molecule has 3 atom stereocenters. The maximum absolute atomic E-state index is 13.6. The van der Waals surface area contributed by atoms with Gasteiger partial charge in [0.25, 0.3) is 0 Å². The highest BCUT2D eigenvalue weighted by molar-refractivity contribution is 6.29. The van der Waals surface area contributed by atoms with Gasteiger partial charge in [0, 0.05) is 43.2 Å². The second kappa shape index (κ2) is 7.69. The number of nitrogens with one attached hydrogen (secondary N) is 1. The fraction of sp³-hybridized carbons (Fsp3) is 0.654. The normalized spacial score (nSPS) is 36.5. The van der Waals surface area contributed by atoms with Crippen LogP contribution >= 0.6 is 11.6 Å². The predicted molar refractivity (Wildman–Crippen MR) is 131 cm³/mol. The summed E-state index contributed by atoms with van der Waals surface area (Å²) in [7, 11) is 0. The molecule has 3 N–H and O–H groups in total. The first-order chi connectivity index (χ1) is 16.1. The van der Waals surface area contributed by atoms with Crippen molar-refractivity contribution in [2.75, 3.05) is 24.5 Å². The molecule has 4 bridgehead atoms. The first-order valence-corrected chi connectivity index (χ1v) is 13.0. The minimum Gasteiger partial charge on any atom is -0.369 e. The number of amides is 2. The van der Waals surface area contributed by atoms with Gasteiger partial charge in [-0.2, -0.15) is 0 Å². The van der Waals surface area contributed by atoms with Crippen molar-refractivity contribution in [3.05, 3.63) is 35.3 Å². The zero-order valence-corrected chi connectivity index (χ0v) is 20.7. The summed E-state index contributed by atoms with van der Waals surface area (Å²) in [6.07, 6.45) is 8.89. The van der Waals surface area contributed by atoms with Crippen molar-refractivity contribution in [1.29, 1.82) is 0 Å². The second-order valence-electron chi connectivity index (χ2n) is 11.9. The van der Waals surface area contributed by atoms with Gasteiger partial charge in [0.2, 0.25) is 11.8 Å². The molecule has 0 spiro atoms. The van der Waals surface area contributed by atoms with Gasteiger partial charge in [0.15, 0.2) is 0 Å². The van der Waals surface area contributed by atoms with Crippen LogP contribution in [0.2, 0.25) is 5.15 Å². The Balaban J connectivity index is 1.12. The van der Waals surface area contributed by atoms with E-state index >= 15 is 0 Å². The minimum atomic E-state index is -0.589. The number of carbonyl (C=O) groups excluding carboxylic acids is 2. The van der Waals surface area contributed by atoms with E-state index in [9.17, 15) is 9.59 Å². The number of nitrogens with two attached hydrogens (primary N) is 1. The Hall–Kier alpha value is -2.12. The fourth-order valence-electron chi connectivity index (χ4n) is 7.79. The van der Waals surface area contributed by atoms with E-state index in [2.05, 4.69) is 26.3 Å². The lowest BCUT2D eigenvalue weighted by atomic mass is 9.47. The van der Waals surface area contributed by atoms with Crippen molar-refractivity contribution in [2.45, 2.75) is 57.5 Å². The molecule has 3 unspecified atom stereocenters. The Morgan fingerprint density at radius 2 is 1.91 bits per heavy atom. The van der Waals surface area contributed by atoms with E-state index in [1.165, 1.54) is 5.57 Å². The monoisotopic (exact) mass is 483 g/mol. The van der Waals surface area contributed by atoms with Crippen molar-refractivity contribution in [2.24, 2.45) is 34.8 Å². The molecule has 7 nitrogen and oxygen atoms in total. The quantitative estimate of drug-likeness (QED) is 0.628. The fourth-order valence-corrected chi connectivity index (χ4v) is 7.90. The van der Waals surface area contributed by atoms with Crippen molar-refractivity contribution in [3.8, 4) is 0 Å². The van der Waals surface area contributed by atoms with E-state index in [1.54, 1.807) is 0 Å². The standard InChI is InChI=1S/C26H34ClN5O2/c1-25(2,32-13-18-11-31(12-19(18)14-32)20-3-4-21(27)29-10-20)24(34)30-22-16-5-15-6-17(22)9-26(7-15,8-16)23(28)33/h3-4,10-11,15-17,19,22H,5-9,12-14H2,1-2H3,(H2,28,33)(H,30,34). The van der Waals surface area contributed by atoms with Gasteiger partial charge < -0.3 is 16.0 Å². The van der Waals surface area contributed by atoms with Crippen molar-refractivity contribution in [3.63, 3.8) is 0 Å². The minimum absolute atomic E-state index is 0.109. The molecule has 5 fully saturated rings. The van der Waals surface area contributed by atoms with Gasteiger partial charge in [0.05, 0.1) is 17.4 Å². The van der Waals surface area contributed by atoms with Crippen LogP contribution in [-0.2, 0) is 9.59 Å². The van der Waals surface area contributed by atoms with E-state index < -0.39 is 5.54 Å². The summed E-state index contributed by atoms with van der Waals surface area (Å²) in [5.74, 6) is 1.74. The molecule has 1 aromatic rings. The van der Waals surface area contributed by atoms with Crippen LogP contribution in [0.25, 0.3) is 0 Å². The lowest BCUT2D eigenvalue weighted by Crippen LogP contribution is -2.65. The Morgan fingerprint density at radius 1 is 1.18 bits per heavy atom. The Labute approximate surface area is 206 Å². The molecule has 0 radical (unpaired) electrons. The highest BCUT2D eigenvalue weighted by Crippen LogP contribution is 2.60. The van der Waals surface area contributed by atoms with Crippen molar-refractivity contribution < 1.29 is 9.59 Å². The van der Waals surface area contributed by atoms with Crippen molar-refractivity contribution >= 4 is 29.1 Å². The number of aromatic nitrogens is 1. The number of rotatable bonds is 5. The van der Waals surface area contributed by atoms with Crippen LogP contribution in [0.1, 0.15) is 46.0 Å². The van der Waals surface area contributed by atoms with E-state index in [1.807, 2.05) is 32.2 Å². The number of carbonyl (C=O) groups is 2. The van der Waals surface area contributed by atoms with Crippen LogP contribution < -0.4 is 16.0 Å². The topological polar surface area (TPSA) is 91.6 Å². The number of anilines is 1. The maximum Gasteiger partial charge on any atom is 0.240 e. The Bertz CT molecular complexity index is 1040. The van der Waals surface area contributed by atoms with E-state index in [0.717, 1.165) is 57.4 Å². The Morgan fingerprint density at radius 3 is 2.53 bits per heavy atom. The molecular weight excluding hydrogens is 450 g/mol. The average Bonchev–Trinajstić information content (AvgIpc) is 3.36. The SMILES string of the molecule is CC(C)(C(=O)NC1C2CC3CC1CC(C(N)=O)(C3)C2)N1CC2=CN(c3ccc(Cl)nc3)CC2C1. The summed E-state index contributed by atoms with van der Waals surface area (Å²) in [4.78, 5) is 34.6. The van der Waals surface area contributed by atoms with Crippen LogP contribution in [-0.4, -0.2) is 52.9 Å². The number of primary amides is 1. The Kier molecular flexibility index (Phi) is 5.05. The first kappa shape index (κ1) is 22.4. The molecule has 0 aromatic carbocycles. The maximum atomic E-state index is 13.6. The molecule has 4 saturated carbocycles. The van der Waals surface area contributed by atoms with Crippen LogP contribution in [0.3, 0.4) is 0 Å². The first-order valence-electron chi connectivity index (χ1n) is 12.6. The third kappa shape index (κ3) is 3.46. The number of hydrogen-bond donors (Lipinski definition) is 2. The summed E-state index contributed by atoms with van der Waals surface area (Å²) in [5, 5.41) is 3.96. The van der Waals surface area contributed by atoms with Crippen LogP contribution in [0.5, 0.6) is 0 Å². The summed E-state index contributed by atoms with van der Waals surface area (Å²) in [6, 6.07) is 3.99. The molecule has 7 rings (SSSR count). The molecule has 8 heteroatoms. The van der Waals surface area contributed by atoms with E-state index in [0.29, 0.717) is 28.8 Å². The zero-order valence-electron chi connectivity index (χ0n) is 20.0. The molecular formula is C26H34ClN5O2. The summed E-state index contributed by atoms with van der Waals surface area (Å²) in [5.41, 5.74) is 7.34. The molecule has 34 heavy (non-hydrogen) atoms. The molecule has 2 aliphatic heterocycles. The van der Waals surface area contributed by atoms with Gasteiger partial charge in [-0.3, -0.25) is 14.5 Å². The zero-order chi connectivity index (χ0) is 23.8. The number of nitrogens with zero attached hydrogens (tertiary/aromatic N) is 3. The lowest BCUT2D eigenvalue weighted by molar-refractivity contribution is -0.149. The number of halogens is 1. The predicted octanol–water partition coefficient (Wildman–Crippen LogP) is 2.95. The van der Waals surface area contributed by atoms with Crippen LogP contribution in [0, 0.1) is 29.1 Å². The molecule has 6 aliphatic rings. The van der Waals surface area contributed by atoms with Gasteiger partial charge >= 0.3 is 0 Å². The molecule has 1 saturated heterocycles. The van der Waals surface area contributed by atoms with Crippen LogP contribution in [0.15, 0.2) is 30.1 Å². The molecule has 4 aliphatic carbocycles. The molecule has 1 aromatic heterocycles. The summed E-state index contributed by atoms with van der Waals surface area (Å²) < 4.78 is 0. The van der Waals surface area contributed by atoms with E-state index in [-0.39, 0.29) is 23.3 Å². The summed E-state index contributed by atoms with van der Waals surface area (Å²) in [6.45, 7) is 6.66. The van der Waals surface area contributed by atoms with Crippen LogP contribution in [0.4, 0.5) is 5.69 Å². The van der Waals surface area contributed by atoms with Gasteiger partial charge in [0.1, 0.15) is 5.15 Å². The van der Waals surface area contributed by atoms with Crippen molar-refractivity contribution in [1.82, 2.24) is 15.2 Å². The molecule has 3 heterocycles. The highest BCUT2D eigenvalue weighted by Gasteiger charge is 2.58. The summed E-state index contributed by atoms with van der Waals surface area (Å²) >= 11 is 5.93. The highest BCUT2D eigenvalue weighted by atomic mass is 35.5. The average molecular weight is 484 g/mol. The lowest BCUT2D eigenvalue weighted by Gasteiger charge is -2.59. The van der Waals surface area contributed by atoms with Gasteiger partial charge in [-0.25, -0.2) is 4.98 Å². The van der Waals surface area contributed by atoms with Gasteiger partial charge in [-0.15, -0.1) is 0 Å².